The van der Waals surface area contributed by atoms with E-state index < -0.39 is 0 Å². The fraction of sp³-hybridized carbons (Fsp3) is 0.115. The summed E-state index contributed by atoms with van der Waals surface area (Å²) < 4.78 is 0.988. The monoisotopic (exact) mass is 471 g/mol. The van der Waals surface area contributed by atoms with Crippen LogP contribution in [-0.2, 0) is 24.1 Å². The first-order chi connectivity index (χ1) is 15.2. The van der Waals surface area contributed by atoms with E-state index in [0.29, 0.717) is 12.2 Å². The number of amides is 1. The van der Waals surface area contributed by atoms with Crippen LogP contribution in [0, 0.1) is 0 Å². The van der Waals surface area contributed by atoms with Crippen molar-refractivity contribution < 1.29 is 4.79 Å². The Kier molecular flexibility index (Phi) is 6.85. The van der Waals surface area contributed by atoms with Gasteiger partial charge < -0.3 is 5.32 Å². The molecule has 0 aliphatic carbocycles. The summed E-state index contributed by atoms with van der Waals surface area (Å²) in [6.07, 6.45) is 3.51. The molecule has 4 rings (SSSR count). The fourth-order valence-corrected chi connectivity index (χ4v) is 3.59. The number of nitrogens with zero attached hydrogens (tertiary/aromatic N) is 2. The van der Waals surface area contributed by atoms with Crippen LogP contribution in [0.1, 0.15) is 16.8 Å². The Hall–Kier alpha value is -3.31. The predicted molar refractivity (Wildman–Crippen MR) is 128 cm³/mol. The molecule has 4 nitrogen and oxygen atoms in total. The van der Waals surface area contributed by atoms with Crippen molar-refractivity contribution in [2.45, 2.75) is 19.3 Å². The van der Waals surface area contributed by atoms with E-state index in [-0.39, 0.29) is 12.3 Å². The third-order valence-corrected chi connectivity index (χ3v) is 5.47. The summed E-state index contributed by atoms with van der Waals surface area (Å²) in [5.41, 5.74) is 4.76. The van der Waals surface area contributed by atoms with Crippen molar-refractivity contribution in [1.82, 2.24) is 9.97 Å². The summed E-state index contributed by atoms with van der Waals surface area (Å²) in [7, 11) is 0. The molecule has 0 spiro atoms. The summed E-state index contributed by atoms with van der Waals surface area (Å²) in [6, 6.07) is 28.0. The third kappa shape index (κ3) is 5.86. The Morgan fingerprint density at radius 1 is 0.806 bits per heavy atom. The lowest BCUT2D eigenvalue weighted by molar-refractivity contribution is -0.115. The van der Waals surface area contributed by atoms with Gasteiger partial charge in [0.1, 0.15) is 0 Å². The van der Waals surface area contributed by atoms with Crippen LogP contribution in [-0.4, -0.2) is 15.9 Å². The van der Waals surface area contributed by atoms with Crippen LogP contribution < -0.4 is 5.32 Å². The van der Waals surface area contributed by atoms with Crippen LogP contribution in [0.25, 0.3) is 11.3 Å². The molecule has 0 saturated heterocycles. The summed E-state index contributed by atoms with van der Waals surface area (Å²) in [5, 5.41) is 2.96. The van der Waals surface area contributed by atoms with Crippen molar-refractivity contribution in [3.05, 3.63) is 112 Å². The minimum atomic E-state index is -0.106. The number of hydrogen-bond acceptors (Lipinski definition) is 3. The number of benzene rings is 3. The van der Waals surface area contributed by atoms with E-state index in [2.05, 4.69) is 38.4 Å². The van der Waals surface area contributed by atoms with Gasteiger partial charge in [0.25, 0.3) is 0 Å². The normalized spacial score (nSPS) is 10.6. The summed E-state index contributed by atoms with van der Waals surface area (Å²) >= 11 is 3.42. The topological polar surface area (TPSA) is 54.9 Å². The number of carbonyl (C=O) groups is 1. The van der Waals surface area contributed by atoms with Crippen molar-refractivity contribution in [3.63, 3.8) is 0 Å². The van der Waals surface area contributed by atoms with E-state index in [1.165, 1.54) is 5.56 Å². The van der Waals surface area contributed by atoms with E-state index >= 15 is 0 Å². The molecule has 0 fully saturated rings. The molecule has 0 atom stereocenters. The van der Waals surface area contributed by atoms with Gasteiger partial charge in [-0.3, -0.25) is 4.79 Å². The highest BCUT2D eigenvalue weighted by Gasteiger charge is 2.13. The quantitative estimate of drug-likeness (QED) is 0.366. The molecule has 31 heavy (non-hydrogen) atoms. The molecule has 4 aromatic rings. The lowest BCUT2D eigenvalue weighted by atomic mass is 10.1. The highest BCUT2D eigenvalue weighted by Crippen LogP contribution is 2.21. The molecule has 3 aromatic carbocycles. The smallest absolute Gasteiger partial charge is 0.229 e. The van der Waals surface area contributed by atoms with E-state index in [1.807, 2.05) is 72.8 Å². The van der Waals surface area contributed by atoms with Crippen LogP contribution in [0.3, 0.4) is 0 Å². The number of aryl methyl sites for hydroxylation is 2. The second kappa shape index (κ2) is 10.1. The molecule has 154 valence electrons. The Labute approximate surface area is 190 Å². The Morgan fingerprint density at radius 3 is 2.19 bits per heavy atom. The van der Waals surface area contributed by atoms with E-state index in [1.54, 1.807) is 6.20 Å². The lowest BCUT2D eigenvalue weighted by Crippen LogP contribution is -2.17. The zero-order chi connectivity index (χ0) is 21.5. The zero-order valence-electron chi connectivity index (χ0n) is 17.0. The molecule has 1 amide bonds. The number of hydrogen-bond donors (Lipinski definition) is 1. The molecular weight excluding hydrogens is 450 g/mol. The molecule has 0 bridgehead atoms. The highest BCUT2D eigenvalue weighted by atomic mass is 79.9. The summed E-state index contributed by atoms with van der Waals surface area (Å²) in [4.78, 5) is 22.1. The molecule has 1 heterocycles. The van der Waals surface area contributed by atoms with E-state index in [0.717, 1.165) is 33.4 Å². The SMILES string of the molecule is O=C(Cc1ccc(Br)cc1)Nc1ncc(-c2ccccc2)nc1CCc1ccccc1. The van der Waals surface area contributed by atoms with Gasteiger partial charge in [0.15, 0.2) is 5.82 Å². The molecule has 5 heteroatoms. The Balaban J connectivity index is 1.55. The fourth-order valence-electron chi connectivity index (χ4n) is 3.33. The zero-order valence-corrected chi connectivity index (χ0v) is 18.5. The van der Waals surface area contributed by atoms with Crippen LogP contribution >= 0.6 is 15.9 Å². The van der Waals surface area contributed by atoms with Gasteiger partial charge >= 0.3 is 0 Å². The summed E-state index contributed by atoms with van der Waals surface area (Å²) in [5.74, 6) is 0.419. The van der Waals surface area contributed by atoms with Crippen LogP contribution in [0.5, 0.6) is 0 Å². The van der Waals surface area contributed by atoms with Gasteiger partial charge in [0.05, 0.1) is 24.0 Å². The Morgan fingerprint density at radius 2 is 1.48 bits per heavy atom. The van der Waals surface area contributed by atoms with Gasteiger partial charge in [0, 0.05) is 10.0 Å². The van der Waals surface area contributed by atoms with Crippen LogP contribution in [0.4, 0.5) is 5.82 Å². The second-order valence-corrected chi connectivity index (χ2v) is 8.17. The predicted octanol–water partition coefficient (Wildman–Crippen LogP) is 5.87. The van der Waals surface area contributed by atoms with Crippen molar-refractivity contribution in [1.29, 1.82) is 0 Å². The third-order valence-electron chi connectivity index (χ3n) is 4.94. The van der Waals surface area contributed by atoms with Gasteiger partial charge in [-0.2, -0.15) is 0 Å². The van der Waals surface area contributed by atoms with Gasteiger partial charge in [-0.05, 0) is 36.1 Å². The molecule has 0 radical (unpaired) electrons. The molecule has 0 aliphatic rings. The van der Waals surface area contributed by atoms with Gasteiger partial charge in [-0.15, -0.1) is 0 Å². The molecule has 1 aromatic heterocycles. The summed E-state index contributed by atoms with van der Waals surface area (Å²) in [6.45, 7) is 0. The molecular formula is C26H22BrN3O. The van der Waals surface area contributed by atoms with E-state index in [9.17, 15) is 4.79 Å². The van der Waals surface area contributed by atoms with Crippen molar-refractivity contribution in [2.24, 2.45) is 0 Å². The number of halogens is 1. The lowest BCUT2D eigenvalue weighted by Gasteiger charge is -2.12. The minimum Gasteiger partial charge on any atom is -0.309 e. The molecule has 0 unspecified atom stereocenters. The Bertz CT molecular complexity index is 1150. The van der Waals surface area contributed by atoms with Crippen molar-refractivity contribution in [2.75, 3.05) is 5.32 Å². The number of aromatic nitrogens is 2. The maximum absolute atomic E-state index is 12.7. The first-order valence-electron chi connectivity index (χ1n) is 10.2. The van der Waals surface area contributed by atoms with Gasteiger partial charge in [0.2, 0.25) is 5.91 Å². The number of rotatable bonds is 7. The van der Waals surface area contributed by atoms with Crippen molar-refractivity contribution in [3.8, 4) is 11.3 Å². The standard InChI is InChI=1S/C26H22BrN3O/c27-22-14-11-20(12-15-22)17-25(31)30-26-23(16-13-19-7-3-1-4-8-19)29-24(18-28-26)21-9-5-2-6-10-21/h1-12,14-15,18H,13,16-17H2,(H,28,30,31). The minimum absolute atomic E-state index is 0.106. The largest absolute Gasteiger partial charge is 0.309 e. The molecule has 0 saturated carbocycles. The molecule has 1 N–H and O–H groups in total. The number of anilines is 1. The van der Waals surface area contributed by atoms with Gasteiger partial charge in [-0.1, -0.05) is 88.7 Å². The highest BCUT2D eigenvalue weighted by molar-refractivity contribution is 9.10. The average molecular weight is 472 g/mol. The van der Waals surface area contributed by atoms with Gasteiger partial charge in [-0.25, -0.2) is 9.97 Å². The maximum atomic E-state index is 12.7. The number of carbonyl (C=O) groups excluding carboxylic acids is 1. The molecule has 0 aliphatic heterocycles. The van der Waals surface area contributed by atoms with Crippen LogP contribution in [0.15, 0.2) is 95.6 Å². The van der Waals surface area contributed by atoms with Crippen LogP contribution in [0.2, 0.25) is 0 Å². The van der Waals surface area contributed by atoms with E-state index in [4.69, 9.17) is 4.98 Å². The second-order valence-electron chi connectivity index (χ2n) is 7.25. The number of nitrogens with one attached hydrogen (secondary N) is 1. The average Bonchev–Trinajstić information content (AvgIpc) is 2.81. The first kappa shape index (κ1) is 20.9. The first-order valence-corrected chi connectivity index (χ1v) is 11.0. The maximum Gasteiger partial charge on any atom is 0.229 e. The van der Waals surface area contributed by atoms with Crippen molar-refractivity contribution >= 4 is 27.7 Å².